The van der Waals surface area contributed by atoms with Crippen molar-refractivity contribution in [3.8, 4) is 0 Å². The number of alkyl halides is 3. The van der Waals surface area contributed by atoms with E-state index in [4.69, 9.17) is 0 Å². The molecule has 0 aromatic carbocycles. The van der Waals surface area contributed by atoms with Crippen molar-refractivity contribution in [1.29, 1.82) is 0 Å². The normalized spacial score (nSPS) is 11.5. The van der Waals surface area contributed by atoms with E-state index in [0.717, 1.165) is 6.07 Å². The molecule has 2 N–H and O–H groups in total. The number of halogens is 3. The Morgan fingerprint density at radius 1 is 1.24 bits per heavy atom. The molecule has 0 saturated carbocycles. The molecule has 2 heterocycles. The smallest absolute Gasteiger partial charge is 0.363 e. The Kier molecular flexibility index (Phi) is 4.24. The number of aryl methyl sites for hydroxylation is 1. The summed E-state index contributed by atoms with van der Waals surface area (Å²) in [6.45, 7) is 2.37. The monoisotopic (exact) mass is 301 g/mol. The molecule has 0 aliphatic carbocycles. The van der Waals surface area contributed by atoms with Crippen LogP contribution in [-0.2, 0) is 19.8 Å². The van der Waals surface area contributed by atoms with Crippen molar-refractivity contribution < 1.29 is 13.2 Å². The van der Waals surface area contributed by atoms with Gasteiger partial charge in [0.15, 0.2) is 11.5 Å². The van der Waals surface area contributed by atoms with Gasteiger partial charge in [0.25, 0.3) is 0 Å². The predicted octanol–water partition coefficient (Wildman–Crippen LogP) is 1.67. The van der Waals surface area contributed by atoms with Crippen molar-refractivity contribution in [2.24, 2.45) is 7.05 Å². The van der Waals surface area contributed by atoms with Gasteiger partial charge in [0.1, 0.15) is 12.1 Å². The molecular formula is C11H14F3N7. The third kappa shape index (κ3) is 3.80. The summed E-state index contributed by atoms with van der Waals surface area (Å²) in [5.41, 5.74) is -1.01. The summed E-state index contributed by atoms with van der Waals surface area (Å²) < 4.78 is 40.0. The van der Waals surface area contributed by atoms with E-state index in [1.165, 1.54) is 6.33 Å². The van der Waals surface area contributed by atoms with Gasteiger partial charge in [0, 0.05) is 19.7 Å². The van der Waals surface area contributed by atoms with Crippen molar-refractivity contribution >= 4 is 11.8 Å². The predicted molar refractivity (Wildman–Crippen MR) is 69.5 cm³/mol. The molecule has 0 fully saturated rings. The number of rotatable bonds is 5. The Morgan fingerprint density at radius 3 is 2.57 bits per heavy atom. The second-order valence-corrected chi connectivity index (χ2v) is 4.20. The maximum Gasteiger partial charge on any atom is 0.433 e. The molecule has 2 aromatic heterocycles. The third-order valence-electron chi connectivity index (χ3n) is 2.58. The van der Waals surface area contributed by atoms with Gasteiger partial charge in [-0.05, 0) is 6.92 Å². The van der Waals surface area contributed by atoms with Crippen LogP contribution in [0.5, 0.6) is 0 Å². The first-order valence-corrected chi connectivity index (χ1v) is 6.17. The lowest BCUT2D eigenvalue weighted by atomic mass is 10.3. The van der Waals surface area contributed by atoms with Crippen LogP contribution < -0.4 is 10.6 Å². The van der Waals surface area contributed by atoms with Gasteiger partial charge in [0.05, 0.1) is 6.54 Å². The van der Waals surface area contributed by atoms with Gasteiger partial charge in [0.2, 0.25) is 5.95 Å². The molecule has 0 bridgehead atoms. The standard InChI is InChI=1S/C11H14F3N7/c1-3-15-10-18-7(11(12,13)14)4-8(19-10)16-5-9-20-17-6-21(9)2/h4,6H,3,5H2,1-2H3,(H2,15,16,18,19). The van der Waals surface area contributed by atoms with Crippen LogP contribution >= 0.6 is 0 Å². The Bertz CT molecular complexity index is 608. The summed E-state index contributed by atoms with van der Waals surface area (Å²) >= 11 is 0. The number of hydrogen-bond acceptors (Lipinski definition) is 6. The van der Waals surface area contributed by atoms with Crippen molar-refractivity contribution in [3.05, 3.63) is 23.9 Å². The fraction of sp³-hybridized carbons (Fsp3) is 0.455. The number of nitrogens with one attached hydrogen (secondary N) is 2. The zero-order chi connectivity index (χ0) is 15.5. The average Bonchev–Trinajstić information content (AvgIpc) is 2.81. The quantitative estimate of drug-likeness (QED) is 0.874. The summed E-state index contributed by atoms with van der Waals surface area (Å²) in [5.74, 6) is 0.566. The van der Waals surface area contributed by atoms with Gasteiger partial charge in [-0.15, -0.1) is 10.2 Å². The van der Waals surface area contributed by atoms with Crippen LogP contribution in [0.4, 0.5) is 24.9 Å². The molecule has 0 spiro atoms. The molecule has 2 aromatic rings. The van der Waals surface area contributed by atoms with Gasteiger partial charge < -0.3 is 15.2 Å². The van der Waals surface area contributed by atoms with Crippen molar-refractivity contribution in [3.63, 3.8) is 0 Å². The maximum absolute atomic E-state index is 12.8. The number of aromatic nitrogens is 5. The van der Waals surface area contributed by atoms with Gasteiger partial charge in [-0.2, -0.15) is 18.2 Å². The Morgan fingerprint density at radius 2 is 2.00 bits per heavy atom. The summed E-state index contributed by atoms with van der Waals surface area (Å²) in [6.07, 6.45) is -3.03. The van der Waals surface area contributed by atoms with Crippen LogP contribution in [0, 0.1) is 0 Å². The van der Waals surface area contributed by atoms with E-state index < -0.39 is 11.9 Å². The molecule has 0 unspecified atom stereocenters. The van der Waals surface area contributed by atoms with E-state index in [1.54, 1.807) is 18.5 Å². The van der Waals surface area contributed by atoms with Crippen molar-refractivity contribution in [2.75, 3.05) is 17.2 Å². The zero-order valence-corrected chi connectivity index (χ0v) is 11.4. The average molecular weight is 301 g/mol. The van der Waals surface area contributed by atoms with Gasteiger partial charge in [-0.3, -0.25) is 0 Å². The van der Waals surface area contributed by atoms with E-state index in [1.807, 2.05) is 0 Å². The Labute approximate surface area is 118 Å². The van der Waals surface area contributed by atoms with E-state index in [2.05, 4.69) is 30.8 Å². The summed E-state index contributed by atoms with van der Waals surface area (Å²) in [5, 5.41) is 13.0. The second-order valence-electron chi connectivity index (χ2n) is 4.20. The van der Waals surface area contributed by atoms with Gasteiger partial charge >= 0.3 is 6.18 Å². The molecular weight excluding hydrogens is 287 g/mol. The minimum Gasteiger partial charge on any atom is -0.363 e. The molecule has 0 saturated heterocycles. The largest absolute Gasteiger partial charge is 0.433 e. The van der Waals surface area contributed by atoms with Crippen LogP contribution in [0.25, 0.3) is 0 Å². The number of anilines is 2. The van der Waals surface area contributed by atoms with E-state index >= 15 is 0 Å². The van der Waals surface area contributed by atoms with Crippen LogP contribution in [-0.4, -0.2) is 31.3 Å². The van der Waals surface area contributed by atoms with Crippen LogP contribution in [0.2, 0.25) is 0 Å². The molecule has 0 aliphatic rings. The number of nitrogens with zero attached hydrogens (tertiary/aromatic N) is 5. The molecule has 10 heteroatoms. The highest BCUT2D eigenvalue weighted by Gasteiger charge is 2.33. The molecule has 0 radical (unpaired) electrons. The lowest BCUT2D eigenvalue weighted by Crippen LogP contribution is -2.14. The Hall–Kier alpha value is -2.39. The highest BCUT2D eigenvalue weighted by molar-refractivity contribution is 5.43. The first kappa shape index (κ1) is 15.0. The van der Waals surface area contributed by atoms with E-state index in [0.29, 0.717) is 12.4 Å². The summed E-state index contributed by atoms with van der Waals surface area (Å²) in [6, 6.07) is 0.858. The molecule has 0 amide bonds. The summed E-state index contributed by atoms with van der Waals surface area (Å²) in [4.78, 5) is 7.41. The SMILES string of the molecule is CCNc1nc(NCc2nncn2C)cc(C(F)(F)F)n1. The Balaban J connectivity index is 2.21. The van der Waals surface area contributed by atoms with Gasteiger partial charge in [-0.1, -0.05) is 0 Å². The second kappa shape index (κ2) is 5.94. The zero-order valence-electron chi connectivity index (χ0n) is 11.4. The fourth-order valence-corrected chi connectivity index (χ4v) is 1.56. The molecule has 114 valence electrons. The third-order valence-corrected chi connectivity index (χ3v) is 2.58. The molecule has 0 aliphatic heterocycles. The van der Waals surface area contributed by atoms with E-state index in [-0.39, 0.29) is 18.3 Å². The molecule has 2 rings (SSSR count). The lowest BCUT2D eigenvalue weighted by molar-refractivity contribution is -0.141. The van der Waals surface area contributed by atoms with Gasteiger partial charge in [-0.25, -0.2) is 4.98 Å². The molecule has 0 atom stereocenters. The van der Waals surface area contributed by atoms with E-state index in [9.17, 15) is 13.2 Å². The highest BCUT2D eigenvalue weighted by atomic mass is 19.4. The molecule has 21 heavy (non-hydrogen) atoms. The highest BCUT2D eigenvalue weighted by Crippen LogP contribution is 2.29. The van der Waals surface area contributed by atoms with Crippen molar-refractivity contribution in [2.45, 2.75) is 19.6 Å². The topological polar surface area (TPSA) is 80.5 Å². The number of hydrogen-bond donors (Lipinski definition) is 2. The van der Waals surface area contributed by atoms with Crippen LogP contribution in [0.3, 0.4) is 0 Å². The minimum atomic E-state index is -4.53. The minimum absolute atomic E-state index is 0.0660. The van der Waals surface area contributed by atoms with Crippen LogP contribution in [0.15, 0.2) is 12.4 Å². The lowest BCUT2D eigenvalue weighted by Gasteiger charge is -2.12. The maximum atomic E-state index is 12.8. The fourth-order valence-electron chi connectivity index (χ4n) is 1.56. The first-order valence-electron chi connectivity index (χ1n) is 6.17. The summed E-state index contributed by atoms with van der Waals surface area (Å²) in [7, 11) is 1.74. The van der Waals surface area contributed by atoms with Crippen molar-refractivity contribution in [1.82, 2.24) is 24.7 Å². The first-order chi connectivity index (χ1) is 9.90. The van der Waals surface area contributed by atoms with Crippen LogP contribution in [0.1, 0.15) is 18.4 Å². The molecule has 7 nitrogen and oxygen atoms in total.